The zero-order valence-electron chi connectivity index (χ0n) is 14.8. The number of carbonyl (C=O) groups is 2. The van der Waals surface area contributed by atoms with Gasteiger partial charge in [0.05, 0.1) is 6.10 Å². The molecule has 2 aliphatic rings. The quantitative estimate of drug-likeness (QED) is 0.842. The van der Waals surface area contributed by atoms with E-state index in [1.807, 2.05) is 4.90 Å². The predicted molar refractivity (Wildman–Crippen MR) is 89.6 cm³/mol. The molecule has 0 radical (unpaired) electrons. The van der Waals surface area contributed by atoms with Crippen LogP contribution in [0.4, 0.5) is 0 Å². The summed E-state index contributed by atoms with van der Waals surface area (Å²) in [6.45, 7) is 8.15. The maximum absolute atomic E-state index is 12.4. The summed E-state index contributed by atoms with van der Waals surface area (Å²) < 4.78 is 6.03. The van der Waals surface area contributed by atoms with Crippen LogP contribution < -0.4 is 5.73 Å². The highest BCUT2D eigenvalue weighted by molar-refractivity contribution is 5.79. The van der Waals surface area contributed by atoms with Crippen LogP contribution in [0.25, 0.3) is 0 Å². The molecule has 5 heteroatoms. The molecule has 2 rings (SSSR count). The lowest BCUT2D eigenvalue weighted by atomic mass is 9.75. The van der Waals surface area contributed by atoms with Crippen molar-refractivity contribution in [3.63, 3.8) is 0 Å². The molecule has 0 bridgehead atoms. The molecule has 0 aromatic rings. The van der Waals surface area contributed by atoms with Gasteiger partial charge in [0, 0.05) is 19.0 Å². The first-order valence-corrected chi connectivity index (χ1v) is 9.07. The van der Waals surface area contributed by atoms with Crippen molar-refractivity contribution in [2.75, 3.05) is 19.7 Å². The van der Waals surface area contributed by atoms with Crippen LogP contribution in [0.15, 0.2) is 0 Å². The number of nitrogens with two attached hydrogens (primary N) is 1. The maximum Gasteiger partial charge on any atom is 0.248 e. The highest BCUT2D eigenvalue weighted by atomic mass is 16.5. The van der Waals surface area contributed by atoms with E-state index in [0.717, 1.165) is 6.42 Å². The molecule has 1 aliphatic heterocycles. The summed E-state index contributed by atoms with van der Waals surface area (Å²) in [5.74, 6) is 1.55. The first kappa shape index (κ1) is 18.2. The van der Waals surface area contributed by atoms with Crippen LogP contribution in [0.5, 0.6) is 0 Å². The Balaban J connectivity index is 1.80. The van der Waals surface area contributed by atoms with Gasteiger partial charge in [-0.1, -0.05) is 27.2 Å². The molecular weight excluding hydrogens is 292 g/mol. The van der Waals surface area contributed by atoms with Gasteiger partial charge >= 0.3 is 0 Å². The summed E-state index contributed by atoms with van der Waals surface area (Å²) in [7, 11) is 0. The number of piperidine rings is 1. The van der Waals surface area contributed by atoms with Gasteiger partial charge in [-0.25, -0.2) is 0 Å². The topological polar surface area (TPSA) is 72.6 Å². The second-order valence-electron chi connectivity index (χ2n) is 7.73. The van der Waals surface area contributed by atoms with Crippen molar-refractivity contribution in [3.05, 3.63) is 0 Å². The second-order valence-corrected chi connectivity index (χ2v) is 7.73. The van der Waals surface area contributed by atoms with Crippen LogP contribution in [0.1, 0.15) is 52.9 Å². The first-order chi connectivity index (χ1) is 10.9. The third-order valence-corrected chi connectivity index (χ3v) is 5.63. The largest absolute Gasteiger partial charge is 0.369 e. The Morgan fingerprint density at radius 2 is 1.83 bits per heavy atom. The number of hydrogen-bond donors (Lipinski definition) is 1. The minimum Gasteiger partial charge on any atom is -0.369 e. The number of ether oxygens (including phenoxy) is 1. The molecule has 132 valence electrons. The molecule has 3 atom stereocenters. The van der Waals surface area contributed by atoms with Gasteiger partial charge in [0.2, 0.25) is 11.8 Å². The number of carbonyl (C=O) groups excluding carboxylic acids is 2. The Labute approximate surface area is 139 Å². The highest BCUT2D eigenvalue weighted by Crippen LogP contribution is 2.35. The van der Waals surface area contributed by atoms with Crippen molar-refractivity contribution < 1.29 is 14.3 Å². The Hall–Kier alpha value is -1.10. The Kier molecular flexibility index (Phi) is 6.45. The Bertz CT molecular complexity index is 416. The van der Waals surface area contributed by atoms with E-state index in [4.69, 9.17) is 10.5 Å². The molecule has 2 amide bonds. The molecule has 0 aromatic heterocycles. The molecule has 5 nitrogen and oxygen atoms in total. The van der Waals surface area contributed by atoms with Gasteiger partial charge in [0.25, 0.3) is 0 Å². The van der Waals surface area contributed by atoms with Crippen LogP contribution in [0, 0.1) is 23.7 Å². The zero-order valence-corrected chi connectivity index (χ0v) is 14.8. The zero-order chi connectivity index (χ0) is 17.0. The Morgan fingerprint density at radius 3 is 2.39 bits per heavy atom. The number of primary amides is 1. The second kappa shape index (κ2) is 8.13. The summed E-state index contributed by atoms with van der Waals surface area (Å²) in [5.41, 5.74) is 5.33. The van der Waals surface area contributed by atoms with Gasteiger partial charge < -0.3 is 15.4 Å². The van der Waals surface area contributed by atoms with Crippen LogP contribution >= 0.6 is 0 Å². The maximum atomic E-state index is 12.4. The third kappa shape index (κ3) is 4.93. The number of hydrogen-bond acceptors (Lipinski definition) is 3. The van der Waals surface area contributed by atoms with Crippen LogP contribution in [0.2, 0.25) is 0 Å². The number of amides is 2. The van der Waals surface area contributed by atoms with E-state index < -0.39 is 0 Å². The Morgan fingerprint density at radius 1 is 1.17 bits per heavy atom. The molecular formula is C18H32N2O3. The van der Waals surface area contributed by atoms with Gasteiger partial charge in [-0.05, 0) is 43.4 Å². The standard InChI is InChI=1S/C18H32N2O3/c1-12(2)15-5-4-13(3)10-16(15)23-11-17(21)20-8-6-14(7-9-20)18(19)22/h12-16H,4-11H2,1-3H3,(H2,19,22)/t13-,15+,16+/m1/s1. The van der Waals surface area contributed by atoms with Crippen molar-refractivity contribution >= 4 is 11.8 Å². The molecule has 2 fully saturated rings. The number of nitrogens with zero attached hydrogens (tertiary/aromatic N) is 1. The van der Waals surface area contributed by atoms with Gasteiger partial charge in [-0.15, -0.1) is 0 Å². The van der Waals surface area contributed by atoms with Crippen molar-refractivity contribution in [2.45, 2.75) is 59.0 Å². The number of likely N-dealkylation sites (tertiary alicyclic amines) is 1. The van der Waals surface area contributed by atoms with E-state index in [1.165, 1.54) is 12.8 Å². The molecule has 1 heterocycles. The highest BCUT2D eigenvalue weighted by Gasteiger charge is 2.32. The summed E-state index contributed by atoms with van der Waals surface area (Å²) in [6.07, 6.45) is 5.07. The van der Waals surface area contributed by atoms with Gasteiger partial charge in [0.1, 0.15) is 6.61 Å². The van der Waals surface area contributed by atoms with Gasteiger partial charge in [0.15, 0.2) is 0 Å². The normalized spacial score (nSPS) is 29.7. The van der Waals surface area contributed by atoms with Gasteiger partial charge in [-0.2, -0.15) is 0 Å². The first-order valence-electron chi connectivity index (χ1n) is 9.07. The van der Waals surface area contributed by atoms with Crippen molar-refractivity contribution in [1.29, 1.82) is 0 Å². The fourth-order valence-corrected chi connectivity index (χ4v) is 3.99. The predicted octanol–water partition coefficient (Wildman–Crippen LogP) is 2.19. The summed E-state index contributed by atoms with van der Waals surface area (Å²) >= 11 is 0. The van der Waals surface area contributed by atoms with Crippen LogP contribution in [0.3, 0.4) is 0 Å². The minimum absolute atomic E-state index is 0.0497. The van der Waals surface area contributed by atoms with E-state index in [2.05, 4.69) is 20.8 Å². The van der Waals surface area contributed by atoms with E-state index in [1.54, 1.807) is 0 Å². The smallest absolute Gasteiger partial charge is 0.248 e. The lowest BCUT2D eigenvalue weighted by Gasteiger charge is -2.37. The van der Waals surface area contributed by atoms with Crippen LogP contribution in [-0.2, 0) is 14.3 Å². The molecule has 1 aliphatic carbocycles. The molecule has 0 aromatic carbocycles. The van der Waals surface area contributed by atoms with Crippen molar-refractivity contribution in [2.24, 2.45) is 29.4 Å². The summed E-state index contributed by atoms with van der Waals surface area (Å²) in [5, 5.41) is 0. The monoisotopic (exact) mass is 324 g/mol. The molecule has 0 spiro atoms. The summed E-state index contributed by atoms with van der Waals surface area (Å²) in [6, 6.07) is 0. The average Bonchev–Trinajstić information content (AvgIpc) is 2.52. The third-order valence-electron chi connectivity index (χ3n) is 5.63. The molecule has 2 N–H and O–H groups in total. The molecule has 1 saturated heterocycles. The SMILES string of the molecule is CC(C)[C@@H]1CC[C@@H](C)C[C@@H]1OCC(=O)N1CCC(C(N)=O)CC1. The molecule has 0 unspecified atom stereocenters. The lowest BCUT2D eigenvalue weighted by Crippen LogP contribution is -2.44. The van der Waals surface area contributed by atoms with Gasteiger partial charge in [-0.3, -0.25) is 9.59 Å². The van der Waals surface area contributed by atoms with Crippen molar-refractivity contribution in [3.8, 4) is 0 Å². The molecule has 23 heavy (non-hydrogen) atoms. The average molecular weight is 324 g/mol. The van der Waals surface area contributed by atoms with E-state index in [9.17, 15) is 9.59 Å². The fraction of sp³-hybridized carbons (Fsp3) is 0.889. The minimum atomic E-state index is -0.246. The van der Waals surface area contributed by atoms with E-state index >= 15 is 0 Å². The lowest BCUT2D eigenvalue weighted by molar-refractivity contribution is -0.144. The van der Waals surface area contributed by atoms with Crippen LogP contribution in [-0.4, -0.2) is 42.5 Å². The van der Waals surface area contributed by atoms with Crippen molar-refractivity contribution in [1.82, 2.24) is 4.90 Å². The fourth-order valence-electron chi connectivity index (χ4n) is 3.99. The van der Waals surface area contributed by atoms with E-state index in [-0.39, 0.29) is 30.4 Å². The van der Waals surface area contributed by atoms with E-state index in [0.29, 0.717) is 43.7 Å². The molecule has 1 saturated carbocycles. The number of rotatable bonds is 5. The summed E-state index contributed by atoms with van der Waals surface area (Å²) in [4.78, 5) is 25.4.